The van der Waals surface area contributed by atoms with Gasteiger partial charge in [0.05, 0.1) is 0 Å². The Morgan fingerprint density at radius 3 is 2.53 bits per heavy atom. The lowest BCUT2D eigenvalue weighted by molar-refractivity contribution is -0.100. The fraction of sp³-hybridized carbons (Fsp3) is 1.00. The van der Waals surface area contributed by atoms with E-state index < -0.39 is 0 Å². The van der Waals surface area contributed by atoms with Crippen molar-refractivity contribution in [2.24, 2.45) is 5.41 Å². The molecule has 3 nitrogen and oxygen atoms in total. The summed E-state index contributed by atoms with van der Waals surface area (Å²) in [5.74, 6) is 0. The third-order valence-electron chi connectivity index (χ3n) is 4.08. The zero-order valence-corrected chi connectivity index (χ0v) is 9.74. The van der Waals surface area contributed by atoms with Gasteiger partial charge in [-0.1, -0.05) is 6.92 Å². The van der Waals surface area contributed by atoms with Gasteiger partial charge in [-0.15, -0.1) is 0 Å². The first-order chi connectivity index (χ1) is 7.29. The Bertz CT molecular complexity index is 194. The minimum Gasteiger partial charge on any atom is -0.396 e. The normalized spacial score (nSPS) is 27.6. The molecule has 0 aromatic carbocycles. The smallest absolute Gasteiger partial charge is 0.0472 e. The van der Waals surface area contributed by atoms with Crippen LogP contribution in [0.1, 0.15) is 32.6 Å². The molecule has 15 heavy (non-hydrogen) atoms. The van der Waals surface area contributed by atoms with Crippen molar-refractivity contribution in [2.45, 2.75) is 38.6 Å². The van der Waals surface area contributed by atoms with Crippen molar-refractivity contribution in [1.29, 1.82) is 0 Å². The van der Waals surface area contributed by atoms with Crippen LogP contribution in [0, 0.1) is 5.41 Å². The molecular formula is C12H23NO2. The van der Waals surface area contributed by atoms with Crippen LogP contribution in [0.3, 0.4) is 0 Å². The first-order valence-electron chi connectivity index (χ1n) is 6.22. The van der Waals surface area contributed by atoms with E-state index in [1.54, 1.807) is 0 Å². The molecule has 0 bridgehead atoms. The molecule has 3 heteroatoms. The standard InChI is InChI=1S/C12H23NO2/c1-2-11(3-6-14)13-9-12(10-13)4-7-15-8-5-12/h11,14H,2-10H2,1H3. The maximum Gasteiger partial charge on any atom is 0.0472 e. The van der Waals surface area contributed by atoms with Gasteiger partial charge in [-0.3, -0.25) is 4.90 Å². The highest BCUT2D eigenvalue weighted by atomic mass is 16.5. The molecule has 2 fully saturated rings. The molecule has 2 aliphatic heterocycles. The molecule has 1 unspecified atom stereocenters. The summed E-state index contributed by atoms with van der Waals surface area (Å²) in [7, 11) is 0. The number of nitrogens with zero attached hydrogens (tertiary/aromatic N) is 1. The number of likely N-dealkylation sites (tertiary alicyclic amines) is 1. The van der Waals surface area contributed by atoms with Gasteiger partial charge < -0.3 is 9.84 Å². The second kappa shape index (κ2) is 4.81. The predicted octanol–water partition coefficient (Wildman–Crippen LogP) is 1.26. The highest BCUT2D eigenvalue weighted by Gasteiger charge is 2.45. The molecule has 2 saturated heterocycles. The SMILES string of the molecule is CCC(CCO)N1CC2(CCOCC2)C1. The van der Waals surface area contributed by atoms with Gasteiger partial charge in [-0.2, -0.15) is 0 Å². The Morgan fingerprint density at radius 2 is 2.00 bits per heavy atom. The lowest BCUT2D eigenvalue weighted by Gasteiger charge is -2.55. The van der Waals surface area contributed by atoms with E-state index in [2.05, 4.69) is 11.8 Å². The van der Waals surface area contributed by atoms with Crippen molar-refractivity contribution in [1.82, 2.24) is 4.90 Å². The molecule has 0 aliphatic carbocycles. The number of hydrogen-bond donors (Lipinski definition) is 1. The van der Waals surface area contributed by atoms with E-state index in [1.807, 2.05) is 0 Å². The van der Waals surface area contributed by atoms with E-state index in [-0.39, 0.29) is 0 Å². The van der Waals surface area contributed by atoms with Crippen molar-refractivity contribution in [3.63, 3.8) is 0 Å². The molecule has 2 aliphatic rings. The number of rotatable bonds is 4. The largest absolute Gasteiger partial charge is 0.396 e. The second-order valence-electron chi connectivity index (χ2n) is 5.09. The minimum atomic E-state index is 0.325. The summed E-state index contributed by atoms with van der Waals surface area (Å²) in [4.78, 5) is 2.54. The first-order valence-corrected chi connectivity index (χ1v) is 6.22. The maximum atomic E-state index is 8.99. The summed E-state index contributed by atoms with van der Waals surface area (Å²) in [6, 6.07) is 0.600. The van der Waals surface area contributed by atoms with Gasteiger partial charge in [-0.05, 0) is 25.7 Å². The zero-order chi connectivity index (χ0) is 10.7. The van der Waals surface area contributed by atoms with Gasteiger partial charge in [0.15, 0.2) is 0 Å². The molecule has 0 saturated carbocycles. The summed E-state index contributed by atoms with van der Waals surface area (Å²) in [6.45, 7) is 6.90. The van der Waals surface area contributed by atoms with Gasteiger partial charge in [0.1, 0.15) is 0 Å². The number of ether oxygens (including phenoxy) is 1. The minimum absolute atomic E-state index is 0.325. The third kappa shape index (κ3) is 2.35. The first kappa shape index (κ1) is 11.4. The van der Waals surface area contributed by atoms with Gasteiger partial charge in [0, 0.05) is 44.4 Å². The monoisotopic (exact) mass is 213 g/mol. The fourth-order valence-corrected chi connectivity index (χ4v) is 2.99. The summed E-state index contributed by atoms with van der Waals surface area (Å²) in [5.41, 5.74) is 0.571. The van der Waals surface area contributed by atoms with E-state index in [0.717, 1.165) is 26.1 Å². The average Bonchev–Trinajstić information content (AvgIpc) is 2.24. The van der Waals surface area contributed by atoms with Crippen LogP contribution < -0.4 is 0 Å². The lowest BCUT2D eigenvalue weighted by Crippen LogP contribution is -2.61. The van der Waals surface area contributed by atoms with Crippen LogP contribution in [0.25, 0.3) is 0 Å². The third-order valence-corrected chi connectivity index (χ3v) is 4.08. The Hall–Kier alpha value is -0.120. The van der Waals surface area contributed by atoms with Crippen LogP contribution in [0.4, 0.5) is 0 Å². The molecule has 0 aromatic heterocycles. The quantitative estimate of drug-likeness (QED) is 0.763. The summed E-state index contributed by atoms with van der Waals surface area (Å²) >= 11 is 0. The van der Waals surface area contributed by atoms with E-state index in [0.29, 0.717) is 18.1 Å². The number of aliphatic hydroxyl groups is 1. The van der Waals surface area contributed by atoms with Crippen LogP contribution in [-0.2, 0) is 4.74 Å². The summed E-state index contributed by atoms with van der Waals surface area (Å²) < 4.78 is 5.41. The van der Waals surface area contributed by atoms with Crippen LogP contribution in [0.5, 0.6) is 0 Å². The van der Waals surface area contributed by atoms with Crippen molar-refractivity contribution in [2.75, 3.05) is 32.9 Å². The van der Waals surface area contributed by atoms with E-state index in [4.69, 9.17) is 9.84 Å². The number of aliphatic hydroxyl groups excluding tert-OH is 1. The van der Waals surface area contributed by atoms with E-state index >= 15 is 0 Å². The van der Waals surface area contributed by atoms with E-state index in [9.17, 15) is 0 Å². The van der Waals surface area contributed by atoms with Crippen molar-refractivity contribution in [3.05, 3.63) is 0 Å². The van der Waals surface area contributed by atoms with Crippen LogP contribution in [-0.4, -0.2) is 49.0 Å². The Kier molecular flexibility index (Phi) is 3.65. The number of hydrogen-bond acceptors (Lipinski definition) is 3. The van der Waals surface area contributed by atoms with Gasteiger partial charge in [0.2, 0.25) is 0 Å². The molecule has 1 spiro atoms. The Labute approximate surface area is 92.4 Å². The van der Waals surface area contributed by atoms with Crippen LogP contribution in [0.2, 0.25) is 0 Å². The molecule has 0 aromatic rings. The zero-order valence-electron chi connectivity index (χ0n) is 9.74. The summed E-state index contributed by atoms with van der Waals surface area (Å²) in [6.07, 6.45) is 4.56. The van der Waals surface area contributed by atoms with Crippen LogP contribution >= 0.6 is 0 Å². The molecule has 2 rings (SSSR count). The second-order valence-corrected chi connectivity index (χ2v) is 5.09. The van der Waals surface area contributed by atoms with Crippen molar-refractivity contribution < 1.29 is 9.84 Å². The molecular weight excluding hydrogens is 190 g/mol. The van der Waals surface area contributed by atoms with Gasteiger partial charge in [0.25, 0.3) is 0 Å². The van der Waals surface area contributed by atoms with E-state index in [1.165, 1.54) is 25.9 Å². The topological polar surface area (TPSA) is 32.7 Å². The molecule has 1 N–H and O–H groups in total. The fourth-order valence-electron chi connectivity index (χ4n) is 2.99. The van der Waals surface area contributed by atoms with Crippen molar-refractivity contribution >= 4 is 0 Å². The predicted molar refractivity (Wildman–Crippen MR) is 59.8 cm³/mol. The highest BCUT2D eigenvalue weighted by molar-refractivity contribution is 4.98. The van der Waals surface area contributed by atoms with Crippen LogP contribution in [0.15, 0.2) is 0 Å². The van der Waals surface area contributed by atoms with Crippen molar-refractivity contribution in [3.8, 4) is 0 Å². The Morgan fingerprint density at radius 1 is 1.33 bits per heavy atom. The Balaban J connectivity index is 1.80. The highest BCUT2D eigenvalue weighted by Crippen LogP contribution is 2.41. The maximum absolute atomic E-state index is 8.99. The lowest BCUT2D eigenvalue weighted by atomic mass is 9.72. The molecule has 1 atom stereocenters. The average molecular weight is 213 g/mol. The van der Waals surface area contributed by atoms with Gasteiger partial charge >= 0.3 is 0 Å². The molecule has 2 heterocycles. The molecule has 0 amide bonds. The summed E-state index contributed by atoms with van der Waals surface area (Å²) in [5, 5.41) is 8.99. The van der Waals surface area contributed by atoms with Gasteiger partial charge in [-0.25, -0.2) is 0 Å². The molecule has 0 radical (unpaired) electrons. The molecule has 88 valence electrons.